The highest BCUT2D eigenvalue weighted by Crippen LogP contribution is 2.29. The summed E-state index contributed by atoms with van der Waals surface area (Å²) in [5.41, 5.74) is 4.55. The summed E-state index contributed by atoms with van der Waals surface area (Å²) in [6, 6.07) is 5.46. The van der Waals surface area contributed by atoms with Crippen LogP contribution < -0.4 is 4.74 Å². The third-order valence-electron chi connectivity index (χ3n) is 4.60. The van der Waals surface area contributed by atoms with E-state index in [1.165, 1.54) is 13.3 Å². The number of rotatable bonds is 5. The van der Waals surface area contributed by atoms with Crippen LogP contribution in [0.25, 0.3) is 16.4 Å². The first kappa shape index (κ1) is 17.2. The second kappa shape index (κ2) is 6.50. The Morgan fingerprint density at radius 3 is 2.93 bits per heavy atom. The Morgan fingerprint density at radius 2 is 2.15 bits per heavy atom. The smallest absolute Gasteiger partial charge is 0.167 e. The number of H-pyrrole nitrogens is 1. The Morgan fingerprint density at radius 1 is 1.33 bits per heavy atom. The summed E-state index contributed by atoms with van der Waals surface area (Å²) in [6.07, 6.45) is 3.48. The molecule has 6 nitrogen and oxygen atoms in total. The molecular weight excluding hydrogens is 347 g/mol. The van der Waals surface area contributed by atoms with Gasteiger partial charge in [0.2, 0.25) is 0 Å². The van der Waals surface area contributed by atoms with Gasteiger partial charge in [-0.2, -0.15) is 5.10 Å². The molecule has 0 atom stereocenters. The van der Waals surface area contributed by atoms with Crippen molar-refractivity contribution in [2.24, 2.45) is 0 Å². The number of halogens is 1. The SMILES string of the molecule is CC(=O)COc1cn2ncnc(Cc3ccc4[nH]c(C)cc4c3F)c2c1C. The van der Waals surface area contributed by atoms with Gasteiger partial charge in [-0.15, -0.1) is 0 Å². The minimum absolute atomic E-state index is 0.00137. The van der Waals surface area contributed by atoms with Crippen LogP contribution in [0.2, 0.25) is 0 Å². The quantitative estimate of drug-likeness (QED) is 0.587. The van der Waals surface area contributed by atoms with Crippen LogP contribution in [0, 0.1) is 19.7 Å². The van der Waals surface area contributed by atoms with E-state index in [-0.39, 0.29) is 18.2 Å². The number of nitrogens with one attached hydrogen (secondary N) is 1. The van der Waals surface area contributed by atoms with E-state index in [4.69, 9.17) is 4.74 Å². The largest absolute Gasteiger partial charge is 0.484 e. The number of hydrogen-bond acceptors (Lipinski definition) is 4. The first-order valence-electron chi connectivity index (χ1n) is 8.65. The monoisotopic (exact) mass is 366 g/mol. The van der Waals surface area contributed by atoms with Crippen molar-refractivity contribution in [3.05, 3.63) is 59.1 Å². The lowest BCUT2D eigenvalue weighted by Crippen LogP contribution is -2.06. The number of aromatic amines is 1. The zero-order chi connectivity index (χ0) is 19.1. The van der Waals surface area contributed by atoms with Gasteiger partial charge in [-0.3, -0.25) is 4.79 Å². The first-order valence-corrected chi connectivity index (χ1v) is 8.65. The summed E-state index contributed by atoms with van der Waals surface area (Å²) < 4.78 is 22.2. The lowest BCUT2D eigenvalue weighted by atomic mass is 10.0. The molecule has 0 fully saturated rings. The van der Waals surface area contributed by atoms with E-state index in [1.807, 2.05) is 19.9 Å². The fourth-order valence-electron chi connectivity index (χ4n) is 3.34. The molecule has 0 aliphatic carbocycles. The van der Waals surface area contributed by atoms with Gasteiger partial charge in [0.25, 0.3) is 0 Å². The molecule has 1 N–H and O–H groups in total. The molecule has 0 saturated carbocycles. The zero-order valence-corrected chi connectivity index (χ0v) is 15.3. The van der Waals surface area contributed by atoms with Crippen LogP contribution in [0.15, 0.2) is 30.7 Å². The molecule has 3 aromatic heterocycles. The number of hydrogen-bond donors (Lipinski definition) is 1. The molecule has 0 spiro atoms. The van der Waals surface area contributed by atoms with Crippen molar-refractivity contribution in [1.29, 1.82) is 0 Å². The predicted molar refractivity (Wildman–Crippen MR) is 99.7 cm³/mol. The minimum Gasteiger partial charge on any atom is -0.484 e. The number of carbonyl (C=O) groups excluding carboxylic acids is 1. The van der Waals surface area contributed by atoms with Crippen LogP contribution in [0.3, 0.4) is 0 Å². The molecule has 0 unspecified atom stereocenters. The van der Waals surface area contributed by atoms with Gasteiger partial charge in [0.05, 0.1) is 17.4 Å². The normalized spacial score (nSPS) is 11.4. The molecule has 0 bridgehead atoms. The third kappa shape index (κ3) is 3.05. The second-order valence-corrected chi connectivity index (χ2v) is 6.74. The van der Waals surface area contributed by atoms with E-state index >= 15 is 0 Å². The van der Waals surface area contributed by atoms with Crippen molar-refractivity contribution in [1.82, 2.24) is 19.6 Å². The van der Waals surface area contributed by atoms with Crippen molar-refractivity contribution in [2.45, 2.75) is 27.2 Å². The Kier molecular flexibility index (Phi) is 4.14. The molecule has 0 aliphatic heterocycles. The molecule has 0 saturated heterocycles. The summed E-state index contributed by atoms with van der Waals surface area (Å²) in [7, 11) is 0. The van der Waals surface area contributed by atoms with Gasteiger partial charge in [-0.05, 0) is 38.5 Å². The molecule has 7 heteroatoms. The van der Waals surface area contributed by atoms with E-state index in [0.717, 1.165) is 22.3 Å². The number of nitrogens with zero attached hydrogens (tertiary/aromatic N) is 3. The highest BCUT2D eigenvalue weighted by Gasteiger charge is 2.17. The van der Waals surface area contributed by atoms with Crippen molar-refractivity contribution in [3.63, 3.8) is 0 Å². The van der Waals surface area contributed by atoms with Crippen molar-refractivity contribution in [2.75, 3.05) is 6.61 Å². The van der Waals surface area contributed by atoms with Gasteiger partial charge in [0, 0.05) is 28.6 Å². The maximum atomic E-state index is 15.0. The van der Waals surface area contributed by atoms with Crippen LogP contribution in [0.5, 0.6) is 5.75 Å². The number of ketones is 1. The number of ether oxygens (including phenoxy) is 1. The van der Waals surface area contributed by atoms with E-state index in [9.17, 15) is 9.18 Å². The zero-order valence-electron chi connectivity index (χ0n) is 15.3. The van der Waals surface area contributed by atoms with Crippen LogP contribution in [0.4, 0.5) is 4.39 Å². The molecule has 138 valence electrons. The third-order valence-corrected chi connectivity index (χ3v) is 4.60. The molecule has 27 heavy (non-hydrogen) atoms. The van der Waals surface area contributed by atoms with Crippen LogP contribution in [-0.4, -0.2) is 32.0 Å². The van der Waals surface area contributed by atoms with Gasteiger partial charge in [0.15, 0.2) is 5.78 Å². The molecular formula is C20H19FN4O2. The molecule has 3 heterocycles. The average molecular weight is 366 g/mol. The van der Waals surface area contributed by atoms with Crippen LogP contribution in [-0.2, 0) is 11.2 Å². The van der Waals surface area contributed by atoms with Gasteiger partial charge < -0.3 is 9.72 Å². The minimum atomic E-state index is -0.245. The Hall–Kier alpha value is -3.22. The fraction of sp³-hybridized carbons (Fsp3) is 0.250. The molecule has 0 amide bonds. The summed E-state index contributed by atoms with van der Waals surface area (Å²) in [6.45, 7) is 5.25. The Balaban J connectivity index is 1.76. The van der Waals surface area contributed by atoms with Crippen molar-refractivity contribution >= 4 is 22.2 Å². The number of aromatic nitrogens is 4. The standard InChI is InChI=1S/C20H19FN4O2/c1-11-6-15-16(24-11)5-4-14(19(15)21)7-17-20-13(3)18(27-9-12(2)26)8-25(20)23-10-22-17/h4-6,8,10,24H,7,9H2,1-3H3. The second-order valence-electron chi connectivity index (χ2n) is 6.74. The molecule has 4 aromatic rings. The molecule has 1 aromatic carbocycles. The van der Waals surface area contributed by atoms with Gasteiger partial charge >= 0.3 is 0 Å². The lowest BCUT2D eigenvalue weighted by molar-refractivity contribution is -0.118. The van der Waals surface area contributed by atoms with Crippen molar-refractivity contribution in [3.8, 4) is 5.75 Å². The maximum absolute atomic E-state index is 15.0. The number of fused-ring (bicyclic) bond motifs is 2. The van der Waals surface area contributed by atoms with Gasteiger partial charge in [-0.1, -0.05) is 6.07 Å². The topological polar surface area (TPSA) is 72.3 Å². The number of carbonyl (C=O) groups is 1. The van der Waals surface area contributed by atoms with E-state index in [1.54, 1.807) is 22.8 Å². The van der Waals surface area contributed by atoms with E-state index in [2.05, 4.69) is 15.1 Å². The van der Waals surface area contributed by atoms with Crippen LogP contribution in [0.1, 0.15) is 29.4 Å². The Labute approximate surface area is 155 Å². The predicted octanol–water partition coefficient (Wildman–Crippen LogP) is 3.53. The number of Topliss-reactive ketones (excluding diaryl/α,β-unsaturated/α-hetero) is 1. The lowest BCUT2D eigenvalue weighted by Gasteiger charge is -2.07. The summed E-state index contributed by atoms with van der Waals surface area (Å²) in [4.78, 5) is 18.7. The van der Waals surface area contributed by atoms with Crippen molar-refractivity contribution < 1.29 is 13.9 Å². The maximum Gasteiger partial charge on any atom is 0.167 e. The Bertz CT molecular complexity index is 1180. The number of aryl methyl sites for hydroxylation is 2. The average Bonchev–Trinajstić information content (AvgIpc) is 3.16. The molecule has 4 rings (SSSR count). The molecule has 0 radical (unpaired) electrons. The highest BCUT2D eigenvalue weighted by molar-refractivity contribution is 5.82. The summed E-state index contributed by atoms with van der Waals surface area (Å²) in [5.74, 6) is 0.267. The molecule has 0 aliphatic rings. The van der Waals surface area contributed by atoms with E-state index in [0.29, 0.717) is 28.8 Å². The summed E-state index contributed by atoms with van der Waals surface area (Å²) >= 11 is 0. The van der Waals surface area contributed by atoms with Gasteiger partial charge in [-0.25, -0.2) is 13.9 Å². The van der Waals surface area contributed by atoms with Gasteiger partial charge in [0.1, 0.15) is 24.5 Å². The fourth-order valence-corrected chi connectivity index (χ4v) is 3.34. The first-order chi connectivity index (χ1) is 12.9. The van der Waals surface area contributed by atoms with Crippen LogP contribution >= 0.6 is 0 Å². The number of benzene rings is 1. The highest BCUT2D eigenvalue weighted by atomic mass is 19.1. The van der Waals surface area contributed by atoms with E-state index < -0.39 is 0 Å². The summed E-state index contributed by atoms with van der Waals surface area (Å²) in [5, 5.41) is 4.79.